The van der Waals surface area contributed by atoms with Gasteiger partial charge in [0.2, 0.25) is 5.91 Å². The number of ether oxygens (including phenoxy) is 1. The molecule has 1 aromatic rings. The molecule has 1 amide bonds. The number of aryl methyl sites for hydroxylation is 1. The van der Waals surface area contributed by atoms with Gasteiger partial charge >= 0.3 is 0 Å². The summed E-state index contributed by atoms with van der Waals surface area (Å²) in [4.78, 5) is 21.0. The smallest absolute Gasteiger partial charge is 0.233 e. The first kappa shape index (κ1) is 16.4. The summed E-state index contributed by atoms with van der Waals surface area (Å²) < 4.78 is 7.84. The Hall–Kier alpha value is -1.44. The summed E-state index contributed by atoms with van der Waals surface area (Å²) >= 11 is 0. The first-order chi connectivity index (χ1) is 11.1. The summed E-state index contributed by atoms with van der Waals surface area (Å²) in [6.07, 6.45) is 5.91. The van der Waals surface area contributed by atoms with E-state index in [0.29, 0.717) is 6.54 Å². The fraction of sp³-hybridized carbons (Fsp3) is 0.750. The van der Waals surface area contributed by atoms with Crippen LogP contribution in [0.2, 0.25) is 0 Å². The van der Waals surface area contributed by atoms with E-state index in [1.807, 2.05) is 19.4 Å². The molecule has 0 atom stereocenters. The van der Waals surface area contributed by atoms with E-state index in [1.54, 1.807) is 7.05 Å². The van der Waals surface area contributed by atoms with Gasteiger partial charge < -0.3 is 14.6 Å². The number of morpholine rings is 1. The molecule has 1 aromatic heterocycles. The lowest BCUT2D eigenvalue weighted by molar-refractivity contribution is -0.132. The number of rotatable bonds is 4. The van der Waals surface area contributed by atoms with Gasteiger partial charge in [-0.05, 0) is 12.8 Å². The monoisotopic (exact) mass is 321 g/mol. The fourth-order valence-electron chi connectivity index (χ4n) is 3.60. The zero-order chi connectivity index (χ0) is 16.3. The van der Waals surface area contributed by atoms with Crippen LogP contribution >= 0.6 is 0 Å². The Kier molecular flexibility index (Phi) is 4.99. The third-order valence-electron chi connectivity index (χ3n) is 5.23. The Balaban J connectivity index is 1.60. The molecule has 0 radical (unpaired) electrons. The molecule has 1 N–H and O–H groups in total. The minimum Gasteiger partial charge on any atom is -0.378 e. The number of carbonyl (C=O) groups is 1. The lowest BCUT2D eigenvalue weighted by atomic mass is 9.85. The Morgan fingerprint density at radius 1 is 1.39 bits per heavy atom. The molecule has 128 valence electrons. The number of amides is 1. The second-order valence-electron chi connectivity index (χ2n) is 6.60. The molecule has 2 aliphatic rings. The van der Waals surface area contributed by atoms with E-state index >= 15 is 0 Å². The number of hydrogen-bond acceptors (Lipinski definition) is 5. The van der Waals surface area contributed by atoms with Crippen molar-refractivity contribution in [2.75, 3.05) is 46.4 Å². The first-order valence-corrected chi connectivity index (χ1v) is 8.35. The van der Waals surface area contributed by atoms with Gasteiger partial charge in [-0.2, -0.15) is 0 Å². The fourth-order valence-corrected chi connectivity index (χ4v) is 3.60. The van der Waals surface area contributed by atoms with Crippen molar-refractivity contribution < 1.29 is 9.53 Å². The van der Waals surface area contributed by atoms with E-state index in [2.05, 4.69) is 24.7 Å². The van der Waals surface area contributed by atoms with Gasteiger partial charge in [0.15, 0.2) is 0 Å². The quantitative estimate of drug-likeness (QED) is 0.834. The summed E-state index contributed by atoms with van der Waals surface area (Å²) in [6.45, 7) is 5.68. The normalized spacial score (nSPS) is 22.3. The Morgan fingerprint density at radius 2 is 2.17 bits per heavy atom. The number of nitrogens with zero attached hydrogens (tertiary/aromatic N) is 4. The average Bonchev–Trinajstić information content (AvgIpc) is 2.97. The van der Waals surface area contributed by atoms with Gasteiger partial charge in [0.05, 0.1) is 26.3 Å². The summed E-state index contributed by atoms with van der Waals surface area (Å²) in [6, 6.07) is 0. The van der Waals surface area contributed by atoms with Crippen molar-refractivity contribution in [1.29, 1.82) is 0 Å². The lowest BCUT2D eigenvalue weighted by Crippen LogP contribution is -2.62. The van der Waals surface area contributed by atoms with E-state index in [9.17, 15) is 4.79 Å². The van der Waals surface area contributed by atoms with Crippen LogP contribution in [-0.2, 0) is 23.1 Å². The minimum atomic E-state index is 0.0168. The lowest BCUT2D eigenvalue weighted by Gasteiger charge is -2.50. The van der Waals surface area contributed by atoms with Crippen molar-refractivity contribution in [3.63, 3.8) is 0 Å². The van der Waals surface area contributed by atoms with Crippen molar-refractivity contribution >= 4 is 5.91 Å². The molecule has 0 bridgehead atoms. The Morgan fingerprint density at radius 3 is 2.83 bits per heavy atom. The molecule has 2 saturated heterocycles. The van der Waals surface area contributed by atoms with Gasteiger partial charge in [-0.15, -0.1) is 0 Å². The molecule has 7 heteroatoms. The molecule has 0 unspecified atom stereocenters. The predicted octanol–water partition coefficient (Wildman–Crippen LogP) is -0.167. The molecule has 1 spiro atoms. The van der Waals surface area contributed by atoms with E-state index in [0.717, 1.165) is 58.1 Å². The molecule has 2 fully saturated rings. The Labute approximate surface area is 137 Å². The maximum absolute atomic E-state index is 11.8. The number of piperidine rings is 1. The number of imidazole rings is 1. The molecule has 0 aromatic carbocycles. The molecule has 0 saturated carbocycles. The van der Waals surface area contributed by atoms with Crippen LogP contribution in [0.1, 0.15) is 18.7 Å². The second-order valence-corrected chi connectivity index (χ2v) is 6.60. The van der Waals surface area contributed by atoms with Gasteiger partial charge in [0.25, 0.3) is 0 Å². The number of aromatic nitrogens is 2. The van der Waals surface area contributed by atoms with Gasteiger partial charge in [-0.1, -0.05) is 0 Å². The molecular weight excluding hydrogens is 294 g/mol. The highest BCUT2D eigenvalue weighted by atomic mass is 16.5. The molecule has 3 heterocycles. The average molecular weight is 321 g/mol. The molecule has 3 rings (SSSR count). The third kappa shape index (κ3) is 3.57. The summed E-state index contributed by atoms with van der Waals surface area (Å²) in [5, 5.41) is 2.74. The van der Waals surface area contributed by atoms with Crippen LogP contribution in [0, 0.1) is 0 Å². The van der Waals surface area contributed by atoms with E-state index < -0.39 is 0 Å². The van der Waals surface area contributed by atoms with Gasteiger partial charge in [0.1, 0.15) is 5.82 Å². The maximum atomic E-state index is 11.8. The summed E-state index contributed by atoms with van der Waals surface area (Å²) in [7, 11) is 3.73. The number of likely N-dealkylation sites (tertiary alicyclic amines) is 1. The molecule has 2 aliphatic heterocycles. The van der Waals surface area contributed by atoms with Crippen LogP contribution in [0.25, 0.3) is 0 Å². The van der Waals surface area contributed by atoms with Crippen molar-refractivity contribution in [1.82, 2.24) is 24.7 Å². The van der Waals surface area contributed by atoms with Crippen molar-refractivity contribution in [3.8, 4) is 0 Å². The van der Waals surface area contributed by atoms with Gasteiger partial charge in [0, 0.05) is 51.7 Å². The molecule has 0 aliphatic carbocycles. The standard InChI is InChI=1S/C16H27N5O2/c1-17-15(22)12-21-9-10-23-13-16(21)3-6-20(7-4-16)11-14-18-5-8-19(14)2/h5,8H,3-4,6-7,9-13H2,1-2H3,(H,17,22). The Bertz CT molecular complexity index is 536. The highest BCUT2D eigenvalue weighted by Crippen LogP contribution is 2.32. The highest BCUT2D eigenvalue weighted by Gasteiger charge is 2.42. The van der Waals surface area contributed by atoms with Crippen molar-refractivity contribution in [3.05, 3.63) is 18.2 Å². The first-order valence-electron chi connectivity index (χ1n) is 8.35. The maximum Gasteiger partial charge on any atom is 0.233 e. The van der Waals surface area contributed by atoms with Crippen LogP contribution in [0.3, 0.4) is 0 Å². The number of hydrogen-bond donors (Lipinski definition) is 1. The van der Waals surface area contributed by atoms with Crippen LogP contribution in [0.5, 0.6) is 0 Å². The van der Waals surface area contributed by atoms with Gasteiger partial charge in [-0.25, -0.2) is 4.98 Å². The predicted molar refractivity (Wildman–Crippen MR) is 86.9 cm³/mol. The topological polar surface area (TPSA) is 62.6 Å². The van der Waals surface area contributed by atoms with E-state index in [1.165, 1.54) is 0 Å². The summed E-state index contributed by atoms with van der Waals surface area (Å²) in [5.41, 5.74) is 0.0168. The zero-order valence-electron chi connectivity index (χ0n) is 14.1. The van der Waals surface area contributed by atoms with E-state index in [-0.39, 0.29) is 11.4 Å². The number of carbonyl (C=O) groups excluding carboxylic acids is 1. The molecule has 7 nitrogen and oxygen atoms in total. The minimum absolute atomic E-state index is 0.0168. The second kappa shape index (κ2) is 6.98. The SMILES string of the molecule is CNC(=O)CN1CCOCC12CCN(Cc1nccn1C)CC2. The third-order valence-corrected chi connectivity index (χ3v) is 5.23. The van der Waals surface area contributed by atoms with Crippen molar-refractivity contribution in [2.45, 2.75) is 24.9 Å². The highest BCUT2D eigenvalue weighted by molar-refractivity contribution is 5.77. The van der Waals surface area contributed by atoms with E-state index in [4.69, 9.17) is 4.74 Å². The largest absolute Gasteiger partial charge is 0.378 e. The zero-order valence-corrected chi connectivity index (χ0v) is 14.1. The number of likely N-dealkylation sites (N-methyl/N-ethyl adjacent to an activating group) is 1. The van der Waals surface area contributed by atoms with Crippen LogP contribution < -0.4 is 5.32 Å². The van der Waals surface area contributed by atoms with Gasteiger partial charge in [-0.3, -0.25) is 14.6 Å². The molecule has 23 heavy (non-hydrogen) atoms. The van der Waals surface area contributed by atoms with Crippen LogP contribution in [-0.4, -0.2) is 77.2 Å². The van der Waals surface area contributed by atoms with Crippen LogP contribution in [0.15, 0.2) is 12.4 Å². The van der Waals surface area contributed by atoms with Crippen LogP contribution in [0.4, 0.5) is 0 Å². The van der Waals surface area contributed by atoms with Crippen molar-refractivity contribution in [2.24, 2.45) is 7.05 Å². The summed E-state index contributed by atoms with van der Waals surface area (Å²) in [5.74, 6) is 1.18. The molecular formula is C16H27N5O2. The number of nitrogens with one attached hydrogen (secondary N) is 1.